The minimum Gasteiger partial charge on any atom is -0.494 e. The minimum absolute atomic E-state index is 0.121. The Kier molecular flexibility index (Phi) is 6.54. The average molecular weight is 478 g/mol. The molecular formula is C26H27N3O4S. The van der Waals surface area contributed by atoms with Crippen LogP contribution in [0.15, 0.2) is 59.4 Å². The van der Waals surface area contributed by atoms with Crippen molar-refractivity contribution in [3.63, 3.8) is 0 Å². The number of methoxy groups -OCH3 is 1. The van der Waals surface area contributed by atoms with Crippen molar-refractivity contribution in [1.82, 2.24) is 9.88 Å². The van der Waals surface area contributed by atoms with Crippen molar-refractivity contribution in [3.05, 3.63) is 75.4 Å². The number of nitrogens with one attached hydrogen (secondary N) is 1. The number of para-hydroxylation sites is 1. The van der Waals surface area contributed by atoms with E-state index in [2.05, 4.69) is 5.32 Å². The number of hydrogen-bond donors (Lipinski definition) is 2. The number of hydrogen-bond acceptors (Lipinski definition) is 6. The first-order valence-electron chi connectivity index (χ1n) is 11.0. The fourth-order valence-electron chi connectivity index (χ4n) is 3.78. The van der Waals surface area contributed by atoms with Gasteiger partial charge < -0.3 is 15.8 Å². The summed E-state index contributed by atoms with van der Waals surface area (Å²) in [5.74, 6) is -0.280. The van der Waals surface area contributed by atoms with Crippen molar-refractivity contribution in [3.8, 4) is 5.75 Å². The minimum atomic E-state index is -0.368. The summed E-state index contributed by atoms with van der Waals surface area (Å²) in [6.07, 6.45) is 0. The van der Waals surface area contributed by atoms with Gasteiger partial charge in [0.1, 0.15) is 10.3 Å². The van der Waals surface area contributed by atoms with E-state index in [1.807, 2.05) is 44.2 Å². The van der Waals surface area contributed by atoms with E-state index in [-0.39, 0.29) is 35.0 Å². The Morgan fingerprint density at radius 1 is 1.09 bits per heavy atom. The van der Waals surface area contributed by atoms with Crippen molar-refractivity contribution < 1.29 is 14.3 Å². The first kappa shape index (κ1) is 23.7. The van der Waals surface area contributed by atoms with Crippen molar-refractivity contribution in [2.75, 3.05) is 20.2 Å². The number of rotatable bonds is 8. The zero-order valence-corrected chi connectivity index (χ0v) is 20.2. The Labute approximate surface area is 201 Å². The number of ketones is 1. The molecule has 0 aliphatic rings. The molecule has 2 aromatic carbocycles. The highest BCUT2D eigenvalue weighted by molar-refractivity contribution is 7.22. The van der Waals surface area contributed by atoms with Crippen LogP contribution in [0.1, 0.15) is 33.9 Å². The molecule has 1 amide bonds. The molecule has 3 N–H and O–H groups in total. The van der Waals surface area contributed by atoms with Gasteiger partial charge >= 0.3 is 0 Å². The molecule has 2 heterocycles. The third-order valence-corrected chi connectivity index (χ3v) is 7.05. The third-order valence-electron chi connectivity index (χ3n) is 5.85. The predicted octanol–water partition coefficient (Wildman–Crippen LogP) is 3.82. The molecule has 0 unspecified atom stereocenters. The molecular weight excluding hydrogens is 450 g/mol. The lowest BCUT2D eigenvalue weighted by Gasteiger charge is -2.22. The highest BCUT2D eigenvalue weighted by Gasteiger charge is 2.26. The molecule has 0 spiro atoms. The van der Waals surface area contributed by atoms with Crippen molar-refractivity contribution in [2.45, 2.75) is 20.4 Å². The summed E-state index contributed by atoms with van der Waals surface area (Å²) in [7, 11) is 1.44. The number of aromatic nitrogens is 1. The lowest BCUT2D eigenvalue weighted by Crippen LogP contribution is -2.38. The molecule has 0 atom stereocenters. The van der Waals surface area contributed by atoms with Gasteiger partial charge in [0.05, 0.1) is 23.9 Å². The molecule has 0 saturated carbocycles. The summed E-state index contributed by atoms with van der Waals surface area (Å²) in [6, 6.07) is 16.2. The van der Waals surface area contributed by atoms with Crippen LogP contribution in [0.4, 0.5) is 0 Å². The zero-order chi connectivity index (χ0) is 24.5. The number of nitrogens with two attached hydrogens (primary N) is 1. The number of thiophene rings is 1. The zero-order valence-electron chi connectivity index (χ0n) is 19.4. The number of carbonyl (C=O) groups excluding carboxylic acids is 2. The summed E-state index contributed by atoms with van der Waals surface area (Å²) < 4.78 is 7.70. The van der Waals surface area contributed by atoms with Crippen LogP contribution in [0.2, 0.25) is 0 Å². The smallest absolute Gasteiger partial charge is 0.265 e. The molecule has 7 nitrogen and oxygen atoms in total. The van der Waals surface area contributed by atoms with Gasteiger partial charge in [-0.1, -0.05) is 62.4 Å². The quantitative estimate of drug-likeness (QED) is 0.376. The fourth-order valence-corrected chi connectivity index (χ4v) is 4.99. The maximum Gasteiger partial charge on any atom is 0.265 e. The van der Waals surface area contributed by atoms with Crippen molar-refractivity contribution >= 4 is 44.0 Å². The molecule has 0 fully saturated rings. The van der Waals surface area contributed by atoms with E-state index in [1.165, 1.54) is 23.0 Å². The van der Waals surface area contributed by atoms with E-state index < -0.39 is 0 Å². The Morgan fingerprint density at radius 2 is 1.76 bits per heavy atom. The van der Waals surface area contributed by atoms with E-state index in [0.717, 1.165) is 5.39 Å². The van der Waals surface area contributed by atoms with Gasteiger partial charge in [0.15, 0.2) is 11.5 Å². The summed E-state index contributed by atoms with van der Waals surface area (Å²) >= 11 is 1.22. The lowest BCUT2D eigenvalue weighted by atomic mass is 9.94. The SMILES string of the molecule is COc1c(C(=O)NCC(C)(C)CN)sc2c1c(=O)n(CC(=O)c1ccccc1)c1ccccc21. The van der Waals surface area contributed by atoms with Gasteiger partial charge in [-0.05, 0) is 18.0 Å². The second-order valence-electron chi connectivity index (χ2n) is 8.92. The number of amides is 1. The second-order valence-corrected chi connectivity index (χ2v) is 9.94. The van der Waals surface area contributed by atoms with Gasteiger partial charge in [0, 0.05) is 17.5 Å². The second kappa shape index (κ2) is 9.40. The average Bonchev–Trinajstić information content (AvgIpc) is 3.26. The van der Waals surface area contributed by atoms with Gasteiger partial charge in [-0.2, -0.15) is 0 Å². The van der Waals surface area contributed by atoms with Crippen LogP contribution >= 0.6 is 11.3 Å². The van der Waals surface area contributed by atoms with Crippen molar-refractivity contribution in [2.24, 2.45) is 11.1 Å². The molecule has 34 heavy (non-hydrogen) atoms. The molecule has 0 saturated heterocycles. The number of benzene rings is 2. The Morgan fingerprint density at radius 3 is 2.44 bits per heavy atom. The highest BCUT2D eigenvalue weighted by Crippen LogP contribution is 2.39. The number of ether oxygens (including phenoxy) is 1. The highest BCUT2D eigenvalue weighted by atomic mass is 32.1. The monoisotopic (exact) mass is 477 g/mol. The van der Waals surface area contributed by atoms with Gasteiger partial charge in [0.2, 0.25) is 0 Å². The maximum absolute atomic E-state index is 13.7. The largest absolute Gasteiger partial charge is 0.494 e. The fraction of sp³-hybridized carbons (Fsp3) is 0.269. The van der Waals surface area contributed by atoms with E-state index in [9.17, 15) is 14.4 Å². The van der Waals surface area contributed by atoms with Crippen LogP contribution in [0, 0.1) is 5.41 Å². The summed E-state index contributed by atoms with van der Waals surface area (Å²) in [5, 5.41) is 3.99. The normalized spacial score (nSPS) is 11.6. The topological polar surface area (TPSA) is 103 Å². The van der Waals surface area contributed by atoms with Crippen LogP contribution in [-0.2, 0) is 6.54 Å². The van der Waals surface area contributed by atoms with E-state index in [4.69, 9.17) is 10.5 Å². The van der Waals surface area contributed by atoms with Gasteiger partial charge in [0.25, 0.3) is 11.5 Å². The number of carbonyl (C=O) groups is 2. The summed E-state index contributed by atoms with van der Waals surface area (Å²) in [6.45, 7) is 4.61. The van der Waals surface area contributed by atoms with E-state index in [1.54, 1.807) is 24.3 Å². The van der Waals surface area contributed by atoms with Crippen molar-refractivity contribution in [1.29, 1.82) is 0 Å². The van der Waals surface area contributed by atoms with Gasteiger partial charge in [-0.15, -0.1) is 11.3 Å². The third kappa shape index (κ3) is 4.34. The van der Waals surface area contributed by atoms with Crippen LogP contribution in [0.3, 0.4) is 0 Å². The molecule has 0 radical (unpaired) electrons. The maximum atomic E-state index is 13.7. The molecule has 8 heteroatoms. The molecule has 0 aliphatic carbocycles. The number of Topliss-reactive ketones (excluding diaryl/α,β-unsaturated/α-hetero) is 1. The molecule has 4 aromatic rings. The Hall–Kier alpha value is -3.49. The molecule has 4 rings (SSSR count). The Bertz CT molecular complexity index is 1440. The first-order chi connectivity index (χ1) is 16.3. The van der Waals surface area contributed by atoms with Crippen LogP contribution < -0.4 is 21.3 Å². The van der Waals surface area contributed by atoms with Crippen LogP contribution in [0.25, 0.3) is 21.0 Å². The van der Waals surface area contributed by atoms with Gasteiger partial charge in [-0.3, -0.25) is 19.0 Å². The summed E-state index contributed by atoms with van der Waals surface area (Å²) in [4.78, 5) is 40.0. The number of fused-ring (bicyclic) bond motifs is 3. The van der Waals surface area contributed by atoms with Crippen LogP contribution in [0.5, 0.6) is 5.75 Å². The first-order valence-corrected chi connectivity index (χ1v) is 11.8. The predicted molar refractivity (Wildman–Crippen MR) is 136 cm³/mol. The molecule has 0 bridgehead atoms. The van der Waals surface area contributed by atoms with E-state index in [0.29, 0.717) is 39.1 Å². The van der Waals surface area contributed by atoms with Gasteiger partial charge in [-0.25, -0.2) is 0 Å². The molecule has 2 aromatic heterocycles. The van der Waals surface area contributed by atoms with Crippen LogP contribution in [-0.4, -0.2) is 36.5 Å². The Balaban J connectivity index is 1.87. The number of nitrogens with zero attached hydrogens (tertiary/aromatic N) is 1. The standard InChI is InChI=1S/C26H27N3O4S/c1-26(2,14-27)15-28-24(31)23-21(33-3)20-22(34-23)17-11-7-8-12-18(17)29(25(20)32)13-19(30)16-9-5-4-6-10-16/h4-12H,13-15,27H2,1-3H3,(H,28,31). The van der Waals surface area contributed by atoms with E-state index >= 15 is 0 Å². The molecule has 176 valence electrons. The lowest BCUT2D eigenvalue weighted by molar-refractivity contribution is 0.0937. The number of pyridine rings is 1. The molecule has 0 aliphatic heterocycles. The summed E-state index contributed by atoms with van der Waals surface area (Å²) in [5.41, 5.74) is 6.30.